The van der Waals surface area contributed by atoms with Crippen LogP contribution < -0.4 is 0 Å². The van der Waals surface area contributed by atoms with E-state index < -0.39 is 10.0 Å². The SMILES string of the molecule is Cc1ccc(C(=O)N(C)C(C)c2ccccc2)cc1S(=O)(=O)N1CCCCC1. The van der Waals surface area contributed by atoms with Crippen LogP contribution in [0.25, 0.3) is 0 Å². The van der Waals surface area contributed by atoms with Gasteiger partial charge in [-0.1, -0.05) is 42.8 Å². The molecule has 2 aromatic carbocycles. The van der Waals surface area contributed by atoms with Crippen molar-refractivity contribution in [1.29, 1.82) is 0 Å². The van der Waals surface area contributed by atoms with Crippen molar-refractivity contribution in [2.24, 2.45) is 0 Å². The molecule has 0 aliphatic carbocycles. The van der Waals surface area contributed by atoms with Crippen LogP contribution in [0.5, 0.6) is 0 Å². The number of benzene rings is 2. The summed E-state index contributed by atoms with van der Waals surface area (Å²) in [4.78, 5) is 14.9. The van der Waals surface area contributed by atoms with Gasteiger partial charge in [0.05, 0.1) is 10.9 Å². The molecule has 1 atom stereocenters. The molecule has 0 radical (unpaired) electrons. The lowest BCUT2D eigenvalue weighted by Crippen LogP contribution is -2.36. The molecule has 1 amide bonds. The van der Waals surface area contributed by atoms with E-state index in [9.17, 15) is 13.2 Å². The van der Waals surface area contributed by atoms with Gasteiger partial charge in [0, 0.05) is 25.7 Å². The topological polar surface area (TPSA) is 57.7 Å². The molecular formula is C22H28N2O3S. The Morgan fingerprint density at radius 3 is 2.32 bits per heavy atom. The molecule has 0 spiro atoms. The van der Waals surface area contributed by atoms with E-state index in [1.807, 2.05) is 37.3 Å². The molecule has 5 nitrogen and oxygen atoms in total. The predicted octanol–water partition coefficient (Wildman–Crippen LogP) is 4.00. The molecule has 1 fully saturated rings. The Morgan fingerprint density at radius 2 is 1.68 bits per heavy atom. The number of sulfonamides is 1. The Bertz CT molecular complexity index is 936. The van der Waals surface area contributed by atoms with Gasteiger partial charge >= 0.3 is 0 Å². The normalized spacial score (nSPS) is 16.5. The van der Waals surface area contributed by atoms with Gasteiger partial charge in [0.1, 0.15) is 0 Å². The second-order valence-electron chi connectivity index (χ2n) is 7.45. The molecule has 3 rings (SSSR count). The maximum atomic E-state index is 13.1. The van der Waals surface area contributed by atoms with E-state index in [1.165, 1.54) is 6.07 Å². The molecule has 6 heteroatoms. The zero-order chi connectivity index (χ0) is 20.3. The van der Waals surface area contributed by atoms with Gasteiger partial charge in [-0.05, 0) is 49.9 Å². The van der Waals surface area contributed by atoms with Crippen molar-refractivity contribution in [2.75, 3.05) is 20.1 Å². The molecule has 0 bridgehead atoms. The first-order chi connectivity index (χ1) is 13.3. The number of carbonyl (C=O) groups is 1. The van der Waals surface area contributed by atoms with Crippen molar-refractivity contribution in [3.63, 3.8) is 0 Å². The molecule has 1 aliphatic rings. The largest absolute Gasteiger partial charge is 0.335 e. The van der Waals surface area contributed by atoms with E-state index in [4.69, 9.17) is 0 Å². The van der Waals surface area contributed by atoms with Crippen molar-refractivity contribution >= 4 is 15.9 Å². The number of hydrogen-bond acceptors (Lipinski definition) is 3. The van der Waals surface area contributed by atoms with Crippen LogP contribution in [0.2, 0.25) is 0 Å². The summed E-state index contributed by atoms with van der Waals surface area (Å²) in [7, 11) is -1.84. The van der Waals surface area contributed by atoms with E-state index in [0.717, 1.165) is 24.8 Å². The van der Waals surface area contributed by atoms with Crippen molar-refractivity contribution in [3.05, 3.63) is 65.2 Å². The van der Waals surface area contributed by atoms with E-state index in [0.29, 0.717) is 24.2 Å². The van der Waals surface area contributed by atoms with Gasteiger partial charge in [-0.2, -0.15) is 4.31 Å². The maximum Gasteiger partial charge on any atom is 0.254 e. The lowest BCUT2D eigenvalue weighted by Gasteiger charge is -2.28. The van der Waals surface area contributed by atoms with E-state index >= 15 is 0 Å². The van der Waals surface area contributed by atoms with Crippen LogP contribution in [0.3, 0.4) is 0 Å². The lowest BCUT2D eigenvalue weighted by molar-refractivity contribution is 0.0742. The molecule has 1 saturated heterocycles. The van der Waals surface area contributed by atoms with Gasteiger partial charge in [0.15, 0.2) is 0 Å². The zero-order valence-corrected chi connectivity index (χ0v) is 17.6. The van der Waals surface area contributed by atoms with E-state index in [2.05, 4.69) is 0 Å². The third kappa shape index (κ3) is 4.13. The van der Waals surface area contributed by atoms with Crippen LogP contribution >= 0.6 is 0 Å². The molecule has 1 aliphatic heterocycles. The number of hydrogen-bond donors (Lipinski definition) is 0. The van der Waals surface area contributed by atoms with Crippen LogP contribution in [-0.4, -0.2) is 43.7 Å². The lowest BCUT2D eigenvalue weighted by atomic mass is 10.1. The fraction of sp³-hybridized carbons (Fsp3) is 0.409. The summed E-state index contributed by atoms with van der Waals surface area (Å²) in [6, 6.07) is 14.7. The first-order valence-corrected chi connectivity index (χ1v) is 11.2. The molecule has 0 N–H and O–H groups in total. The number of amides is 1. The summed E-state index contributed by atoms with van der Waals surface area (Å²) in [5.74, 6) is -0.188. The number of piperidine rings is 1. The summed E-state index contributed by atoms with van der Waals surface area (Å²) in [5.41, 5.74) is 2.10. The maximum absolute atomic E-state index is 13.1. The Hall–Kier alpha value is -2.18. The monoisotopic (exact) mass is 400 g/mol. The van der Waals surface area contributed by atoms with Crippen molar-refractivity contribution < 1.29 is 13.2 Å². The number of aryl methyl sites for hydroxylation is 1. The van der Waals surface area contributed by atoms with Crippen LogP contribution in [0, 0.1) is 6.92 Å². The average Bonchev–Trinajstić information content (AvgIpc) is 2.73. The highest BCUT2D eigenvalue weighted by Gasteiger charge is 2.29. The highest BCUT2D eigenvalue weighted by molar-refractivity contribution is 7.89. The minimum atomic E-state index is -3.58. The molecule has 2 aromatic rings. The molecule has 28 heavy (non-hydrogen) atoms. The van der Waals surface area contributed by atoms with E-state index in [-0.39, 0.29) is 16.8 Å². The van der Waals surface area contributed by atoms with E-state index in [1.54, 1.807) is 35.3 Å². The molecule has 1 heterocycles. The van der Waals surface area contributed by atoms with Gasteiger partial charge in [0.25, 0.3) is 5.91 Å². The fourth-order valence-corrected chi connectivity index (χ4v) is 5.36. The summed E-state index contributed by atoms with van der Waals surface area (Å²) >= 11 is 0. The second kappa shape index (κ2) is 8.45. The van der Waals surface area contributed by atoms with Crippen LogP contribution in [0.4, 0.5) is 0 Å². The minimum Gasteiger partial charge on any atom is -0.335 e. The van der Waals surface area contributed by atoms with Gasteiger partial charge in [0.2, 0.25) is 10.0 Å². The van der Waals surface area contributed by atoms with Gasteiger partial charge in [-0.15, -0.1) is 0 Å². The van der Waals surface area contributed by atoms with Gasteiger partial charge in [-0.25, -0.2) is 8.42 Å². The molecule has 0 saturated carbocycles. The van der Waals surface area contributed by atoms with Crippen molar-refractivity contribution in [3.8, 4) is 0 Å². The summed E-state index contributed by atoms with van der Waals surface area (Å²) in [6.45, 7) is 4.84. The third-order valence-corrected chi connectivity index (χ3v) is 7.59. The fourth-order valence-electron chi connectivity index (χ4n) is 3.59. The second-order valence-corrected chi connectivity index (χ2v) is 9.35. The number of rotatable bonds is 5. The van der Waals surface area contributed by atoms with Gasteiger partial charge < -0.3 is 4.90 Å². The third-order valence-electron chi connectivity index (χ3n) is 5.55. The Kier molecular flexibility index (Phi) is 6.20. The number of nitrogens with zero attached hydrogens (tertiary/aromatic N) is 2. The first kappa shape index (κ1) is 20.6. The number of carbonyl (C=O) groups excluding carboxylic acids is 1. The Morgan fingerprint density at radius 1 is 1.04 bits per heavy atom. The quantitative estimate of drug-likeness (QED) is 0.762. The van der Waals surface area contributed by atoms with Crippen molar-refractivity contribution in [2.45, 2.75) is 44.0 Å². The van der Waals surface area contributed by atoms with Crippen LogP contribution in [-0.2, 0) is 10.0 Å². The zero-order valence-electron chi connectivity index (χ0n) is 16.8. The molecule has 150 valence electrons. The summed E-state index contributed by atoms with van der Waals surface area (Å²) < 4.78 is 27.8. The predicted molar refractivity (Wildman–Crippen MR) is 111 cm³/mol. The molecule has 1 unspecified atom stereocenters. The summed E-state index contributed by atoms with van der Waals surface area (Å²) in [6.07, 6.45) is 2.83. The van der Waals surface area contributed by atoms with Gasteiger partial charge in [-0.3, -0.25) is 4.79 Å². The highest BCUT2D eigenvalue weighted by atomic mass is 32.2. The summed E-state index contributed by atoms with van der Waals surface area (Å²) in [5, 5.41) is 0. The average molecular weight is 401 g/mol. The molecular weight excluding hydrogens is 372 g/mol. The highest BCUT2D eigenvalue weighted by Crippen LogP contribution is 2.26. The molecule has 0 aromatic heterocycles. The standard InChI is InChI=1S/C22H28N2O3S/c1-17-12-13-20(16-21(17)28(26,27)24-14-8-5-9-15-24)22(25)23(3)18(2)19-10-6-4-7-11-19/h4,6-7,10-13,16,18H,5,8-9,14-15H2,1-3H3. The Balaban J connectivity index is 1.89. The Labute approximate surface area is 168 Å². The minimum absolute atomic E-state index is 0.114. The van der Waals surface area contributed by atoms with Crippen LogP contribution in [0.1, 0.15) is 53.7 Å². The smallest absolute Gasteiger partial charge is 0.254 e. The van der Waals surface area contributed by atoms with Crippen LogP contribution in [0.15, 0.2) is 53.4 Å². The first-order valence-electron chi connectivity index (χ1n) is 9.75. The van der Waals surface area contributed by atoms with Crippen molar-refractivity contribution in [1.82, 2.24) is 9.21 Å².